The van der Waals surface area contributed by atoms with Crippen molar-refractivity contribution in [1.29, 1.82) is 0 Å². The number of amides is 4. The number of urea groups is 1. The third kappa shape index (κ3) is 3.17. The number of rotatable bonds is 3. The maximum absolute atomic E-state index is 12.3. The quantitative estimate of drug-likeness (QED) is 0.847. The summed E-state index contributed by atoms with van der Waals surface area (Å²) in [5.41, 5.74) is 4.35. The standard InChI is InChI=1S/C16H12ClN3O3/c17-13-7-6-11(10-4-2-1-3-5-10)8-12(13)15(22)19-20-9-14(21)18-16(20)23/h1-8H,9H2,(H,19,22)(H,18,21,23). The van der Waals surface area contributed by atoms with E-state index < -0.39 is 17.8 Å². The number of nitrogens with zero attached hydrogens (tertiary/aromatic N) is 1. The van der Waals surface area contributed by atoms with Crippen LogP contribution >= 0.6 is 11.6 Å². The first-order valence-corrected chi connectivity index (χ1v) is 7.20. The lowest BCUT2D eigenvalue weighted by Crippen LogP contribution is -2.44. The van der Waals surface area contributed by atoms with E-state index in [-0.39, 0.29) is 17.1 Å². The van der Waals surface area contributed by atoms with Crippen LogP contribution in [0, 0.1) is 0 Å². The first-order chi connectivity index (χ1) is 11.0. The van der Waals surface area contributed by atoms with Crippen LogP contribution in [0.15, 0.2) is 48.5 Å². The van der Waals surface area contributed by atoms with Crippen molar-refractivity contribution in [2.24, 2.45) is 0 Å². The third-order valence-electron chi connectivity index (χ3n) is 3.35. The lowest BCUT2D eigenvalue weighted by Gasteiger charge is -2.15. The number of benzene rings is 2. The fourth-order valence-corrected chi connectivity index (χ4v) is 2.43. The molecule has 1 saturated heterocycles. The smallest absolute Gasteiger partial charge is 0.275 e. The van der Waals surface area contributed by atoms with E-state index in [1.807, 2.05) is 30.3 Å². The summed E-state index contributed by atoms with van der Waals surface area (Å²) in [5, 5.41) is 3.25. The van der Waals surface area contributed by atoms with Crippen LogP contribution in [0.3, 0.4) is 0 Å². The predicted octanol–water partition coefficient (Wildman–Crippen LogP) is 2.20. The highest BCUT2D eigenvalue weighted by Gasteiger charge is 2.28. The van der Waals surface area contributed by atoms with Crippen LogP contribution < -0.4 is 10.7 Å². The molecule has 1 aliphatic heterocycles. The van der Waals surface area contributed by atoms with Crippen molar-refractivity contribution < 1.29 is 14.4 Å². The Kier molecular flexibility index (Phi) is 3.99. The first kappa shape index (κ1) is 15.1. The second-order valence-corrected chi connectivity index (χ2v) is 5.35. The van der Waals surface area contributed by atoms with Gasteiger partial charge in [0, 0.05) is 0 Å². The van der Waals surface area contributed by atoms with Gasteiger partial charge in [-0.3, -0.25) is 20.3 Å². The minimum atomic E-state index is -0.668. The summed E-state index contributed by atoms with van der Waals surface area (Å²) in [7, 11) is 0. The zero-order valence-corrected chi connectivity index (χ0v) is 12.6. The molecule has 3 rings (SSSR count). The van der Waals surface area contributed by atoms with Crippen molar-refractivity contribution in [3.05, 3.63) is 59.1 Å². The summed E-state index contributed by atoms with van der Waals surface area (Å²) >= 11 is 6.08. The van der Waals surface area contributed by atoms with Gasteiger partial charge in [0.05, 0.1) is 10.6 Å². The lowest BCUT2D eigenvalue weighted by atomic mass is 10.0. The largest absolute Gasteiger partial charge is 0.343 e. The van der Waals surface area contributed by atoms with Gasteiger partial charge >= 0.3 is 6.03 Å². The lowest BCUT2D eigenvalue weighted by molar-refractivity contribution is -0.118. The van der Waals surface area contributed by atoms with E-state index in [0.29, 0.717) is 0 Å². The molecule has 7 heteroatoms. The molecule has 1 fully saturated rings. The molecule has 0 aliphatic carbocycles. The second kappa shape index (κ2) is 6.10. The Morgan fingerprint density at radius 2 is 1.83 bits per heavy atom. The summed E-state index contributed by atoms with van der Waals surface area (Å²) in [6, 6.07) is 13.9. The van der Waals surface area contributed by atoms with Crippen LogP contribution in [-0.2, 0) is 4.79 Å². The zero-order chi connectivity index (χ0) is 16.4. The molecule has 116 valence electrons. The molecule has 0 saturated carbocycles. The molecule has 1 aliphatic rings. The number of carbonyl (C=O) groups is 3. The molecular formula is C16H12ClN3O3. The normalized spacial score (nSPS) is 13.9. The number of hydrazine groups is 1. The van der Waals surface area contributed by atoms with E-state index in [1.54, 1.807) is 18.2 Å². The van der Waals surface area contributed by atoms with E-state index >= 15 is 0 Å². The van der Waals surface area contributed by atoms with Gasteiger partial charge in [0.2, 0.25) is 5.91 Å². The van der Waals surface area contributed by atoms with Gasteiger partial charge in [-0.05, 0) is 23.3 Å². The van der Waals surface area contributed by atoms with Crippen molar-refractivity contribution in [2.75, 3.05) is 6.54 Å². The molecule has 0 spiro atoms. The molecule has 4 amide bonds. The van der Waals surface area contributed by atoms with E-state index in [4.69, 9.17) is 11.6 Å². The number of halogens is 1. The fraction of sp³-hybridized carbons (Fsp3) is 0.0625. The van der Waals surface area contributed by atoms with Crippen LogP contribution in [0.4, 0.5) is 4.79 Å². The molecule has 6 nitrogen and oxygen atoms in total. The monoisotopic (exact) mass is 329 g/mol. The van der Waals surface area contributed by atoms with E-state index in [2.05, 4.69) is 10.7 Å². The maximum atomic E-state index is 12.3. The van der Waals surface area contributed by atoms with E-state index in [0.717, 1.165) is 16.1 Å². The van der Waals surface area contributed by atoms with Crippen molar-refractivity contribution in [3.63, 3.8) is 0 Å². The van der Waals surface area contributed by atoms with Crippen molar-refractivity contribution in [2.45, 2.75) is 0 Å². The molecular weight excluding hydrogens is 318 g/mol. The van der Waals surface area contributed by atoms with Crippen molar-refractivity contribution >= 4 is 29.4 Å². The van der Waals surface area contributed by atoms with Crippen molar-refractivity contribution in [3.8, 4) is 11.1 Å². The molecule has 0 aromatic heterocycles. The molecule has 0 atom stereocenters. The molecule has 2 N–H and O–H groups in total. The van der Waals surface area contributed by atoms with Gasteiger partial charge in [-0.2, -0.15) is 0 Å². The highest BCUT2D eigenvalue weighted by atomic mass is 35.5. The van der Waals surface area contributed by atoms with Crippen LogP contribution in [-0.4, -0.2) is 29.4 Å². The molecule has 2 aromatic rings. The van der Waals surface area contributed by atoms with E-state index in [9.17, 15) is 14.4 Å². The Hall–Kier alpha value is -2.86. The minimum Gasteiger partial charge on any atom is -0.275 e. The summed E-state index contributed by atoms with van der Waals surface area (Å²) in [4.78, 5) is 34.9. The number of hydrogen-bond donors (Lipinski definition) is 2. The van der Waals surface area contributed by atoms with Crippen LogP contribution in [0.5, 0.6) is 0 Å². The van der Waals surface area contributed by atoms with Gasteiger partial charge in [-0.1, -0.05) is 48.0 Å². The average Bonchev–Trinajstić information content (AvgIpc) is 2.86. The summed E-state index contributed by atoms with van der Waals surface area (Å²) in [6.45, 7) is -0.222. The zero-order valence-electron chi connectivity index (χ0n) is 11.9. The van der Waals surface area contributed by atoms with Gasteiger partial charge in [-0.25, -0.2) is 9.80 Å². The first-order valence-electron chi connectivity index (χ1n) is 6.82. The molecule has 1 heterocycles. The van der Waals surface area contributed by atoms with Crippen LogP contribution in [0.1, 0.15) is 10.4 Å². The van der Waals surface area contributed by atoms with Crippen LogP contribution in [0.25, 0.3) is 11.1 Å². The van der Waals surface area contributed by atoms with Gasteiger partial charge in [0.25, 0.3) is 5.91 Å². The Morgan fingerprint density at radius 1 is 1.09 bits per heavy atom. The van der Waals surface area contributed by atoms with Gasteiger partial charge in [-0.15, -0.1) is 0 Å². The highest BCUT2D eigenvalue weighted by Crippen LogP contribution is 2.25. The van der Waals surface area contributed by atoms with E-state index in [1.165, 1.54) is 0 Å². The van der Waals surface area contributed by atoms with Crippen molar-refractivity contribution in [1.82, 2.24) is 15.8 Å². The van der Waals surface area contributed by atoms with Gasteiger partial charge in [0.15, 0.2) is 0 Å². The van der Waals surface area contributed by atoms with Crippen LogP contribution in [0.2, 0.25) is 5.02 Å². The second-order valence-electron chi connectivity index (χ2n) is 4.94. The molecule has 0 radical (unpaired) electrons. The predicted molar refractivity (Wildman–Crippen MR) is 84.6 cm³/mol. The average molecular weight is 330 g/mol. The fourth-order valence-electron chi connectivity index (χ4n) is 2.22. The SMILES string of the molecule is O=C1CN(NC(=O)c2cc(-c3ccccc3)ccc2Cl)C(=O)N1. The van der Waals surface area contributed by atoms with Gasteiger partial charge < -0.3 is 0 Å². The summed E-state index contributed by atoms with van der Waals surface area (Å²) < 4.78 is 0. The number of carbonyl (C=O) groups excluding carboxylic acids is 3. The molecule has 0 bridgehead atoms. The number of nitrogens with one attached hydrogen (secondary N) is 2. The Labute approximate surface area is 137 Å². The molecule has 0 unspecified atom stereocenters. The third-order valence-corrected chi connectivity index (χ3v) is 3.68. The molecule has 2 aromatic carbocycles. The molecule has 23 heavy (non-hydrogen) atoms. The number of imide groups is 1. The Bertz CT molecular complexity index is 792. The number of hydrogen-bond acceptors (Lipinski definition) is 3. The minimum absolute atomic E-state index is 0.222. The summed E-state index contributed by atoms with van der Waals surface area (Å²) in [6.07, 6.45) is 0. The Balaban J connectivity index is 1.86. The topological polar surface area (TPSA) is 78.5 Å². The Morgan fingerprint density at radius 3 is 2.48 bits per heavy atom. The maximum Gasteiger partial charge on any atom is 0.343 e. The van der Waals surface area contributed by atoms with Gasteiger partial charge in [0.1, 0.15) is 6.54 Å². The summed E-state index contributed by atoms with van der Waals surface area (Å²) in [5.74, 6) is -1.03. The highest BCUT2D eigenvalue weighted by molar-refractivity contribution is 6.34.